The van der Waals surface area contributed by atoms with Gasteiger partial charge in [-0.25, -0.2) is 4.79 Å². The van der Waals surface area contributed by atoms with Gasteiger partial charge in [-0.15, -0.1) is 0 Å². The predicted octanol–water partition coefficient (Wildman–Crippen LogP) is 3.13. The first-order valence-electron chi connectivity index (χ1n) is 5.92. The first kappa shape index (κ1) is 14.4. The van der Waals surface area contributed by atoms with Crippen molar-refractivity contribution >= 4 is 6.08 Å². The van der Waals surface area contributed by atoms with Crippen LogP contribution in [0.2, 0.25) is 0 Å². The summed E-state index contributed by atoms with van der Waals surface area (Å²) in [6.45, 7) is 0. The Balaban J connectivity index is 2.61. The van der Waals surface area contributed by atoms with Gasteiger partial charge in [0.05, 0.1) is 7.11 Å². The monoisotopic (exact) mass is 287 g/mol. The summed E-state index contributed by atoms with van der Waals surface area (Å²) in [6.07, 6.45) is -1.49. The molecule has 0 saturated heterocycles. The van der Waals surface area contributed by atoms with E-state index in [2.05, 4.69) is 9.73 Å². The highest BCUT2D eigenvalue weighted by Gasteiger charge is 2.44. The second-order valence-corrected chi connectivity index (χ2v) is 4.63. The molecule has 20 heavy (non-hydrogen) atoms. The second kappa shape index (κ2) is 4.83. The standard InChI is InChI=1S/C13H12F3NO3/c1-20-11-9(13(14,15)16)4-3-8(10(11)19)12(17-7-18)5-2-6-12/h3-4,19H,2,5-6H2,1H3. The molecule has 2 rings (SSSR count). The highest BCUT2D eigenvalue weighted by Crippen LogP contribution is 2.52. The molecule has 1 fully saturated rings. The second-order valence-electron chi connectivity index (χ2n) is 4.63. The van der Waals surface area contributed by atoms with Crippen LogP contribution in [0, 0.1) is 0 Å². The van der Waals surface area contributed by atoms with Crippen LogP contribution in [0.25, 0.3) is 0 Å². The largest absolute Gasteiger partial charge is 0.504 e. The summed E-state index contributed by atoms with van der Waals surface area (Å²) in [6, 6.07) is 1.97. The molecule has 0 aromatic heterocycles. The maximum Gasteiger partial charge on any atom is 0.420 e. The minimum Gasteiger partial charge on any atom is -0.504 e. The first-order chi connectivity index (χ1) is 9.35. The number of methoxy groups -OCH3 is 1. The average Bonchev–Trinajstić information content (AvgIpc) is 2.32. The van der Waals surface area contributed by atoms with Crippen molar-refractivity contribution in [3.05, 3.63) is 23.3 Å². The van der Waals surface area contributed by atoms with Crippen molar-refractivity contribution in [3.63, 3.8) is 0 Å². The molecular formula is C13H12F3NO3. The van der Waals surface area contributed by atoms with Crippen molar-refractivity contribution in [2.45, 2.75) is 31.0 Å². The third-order valence-electron chi connectivity index (χ3n) is 3.58. The van der Waals surface area contributed by atoms with Gasteiger partial charge in [0.2, 0.25) is 6.08 Å². The summed E-state index contributed by atoms with van der Waals surface area (Å²) < 4.78 is 43.1. The van der Waals surface area contributed by atoms with E-state index in [9.17, 15) is 23.1 Å². The molecule has 1 saturated carbocycles. The van der Waals surface area contributed by atoms with Crippen LogP contribution in [0.3, 0.4) is 0 Å². The number of hydrogen-bond donors (Lipinski definition) is 1. The minimum atomic E-state index is -4.64. The van der Waals surface area contributed by atoms with Crippen molar-refractivity contribution in [2.24, 2.45) is 4.99 Å². The fourth-order valence-corrected chi connectivity index (χ4v) is 2.42. The summed E-state index contributed by atoms with van der Waals surface area (Å²) in [5, 5.41) is 10.0. The van der Waals surface area contributed by atoms with E-state index in [4.69, 9.17) is 0 Å². The molecule has 4 nitrogen and oxygen atoms in total. The zero-order valence-electron chi connectivity index (χ0n) is 10.6. The normalized spacial score (nSPS) is 17.0. The van der Waals surface area contributed by atoms with Gasteiger partial charge in [0.25, 0.3) is 0 Å². The van der Waals surface area contributed by atoms with Gasteiger partial charge >= 0.3 is 6.18 Å². The van der Waals surface area contributed by atoms with Gasteiger partial charge in [-0.2, -0.15) is 18.2 Å². The number of carbonyl (C=O) groups excluding carboxylic acids is 1. The fraction of sp³-hybridized carbons (Fsp3) is 0.462. The molecule has 0 aliphatic heterocycles. The highest BCUT2D eigenvalue weighted by molar-refractivity contribution is 5.56. The number of aliphatic imine (C=N–C) groups is 1. The number of benzene rings is 1. The maximum absolute atomic E-state index is 12.8. The van der Waals surface area contributed by atoms with E-state index in [1.54, 1.807) is 0 Å². The molecule has 1 aromatic rings. The number of hydrogen-bond acceptors (Lipinski definition) is 4. The first-order valence-corrected chi connectivity index (χ1v) is 5.92. The Labute approximate surface area is 112 Å². The molecular weight excluding hydrogens is 275 g/mol. The van der Waals surface area contributed by atoms with Crippen molar-refractivity contribution in [2.75, 3.05) is 7.11 Å². The van der Waals surface area contributed by atoms with E-state index in [0.717, 1.165) is 25.7 Å². The number of phenols is 1. The van der Waals surface area contributed by atoms with Crippen LogP contribution in [0.15, 0.2) is 17.1 Å². The van der Waals surface area contributed by atoms with Gasteiger partial charge in [0, 0.05) is 5.56 Å². The molecule has 0 heterocycles. The Morgan fingerprint density at radius 2 is 2.05 bits per heavy atom. The lowest BCUT2D eigenvalue weighted by molar-refractivity contribution is -0.138. The van der Waals surface area contributed by atoms with Gasteiger partial charge in [-0.1, -0.05) is 6.07 Å². The number of aromatic hydroxyl groups is 1. The van der Waals surface area contributed by atoms with Gasteiger partial charge in [0.15, 0.2) is 11.5 Å². The predicted molar refractivity (Wildman–Crippen MR) is 63.3 cm³/mol. The Bertz CT molecular complexity index is 573. The lowest BCUT2D eigenvalue weighted by atomic mass is 9.72. The Kier molecular flexibility index (Phi) is 3.48. The zero-order chi connectivity index (χ0) is 15.0. The summed E-state index contributed by atoms with van der Waals surface area (Å²) in [4.78, 5) is 14.2. The van der Waals surface area contributed by atoms with Crippen LogP contribution in [0.1, 0.15) is 30.4 Å². The molecule has 1 aliphatic rings. The van der Waals surface area contributed by atoms with Crippen LogP contribution in [-0.4, -0.2) is 18.3 Å². The highest BCUT2D eigenvalue weighted by atomic mass is 19.4. The van der Waals surface area contributed by atoms with Crippen LogP contribution >= 0.6 is 0 Å². The van der Waals surface area contributed by atoms with E-state index >= 15 is 0 Å². The van der Waals surface area contributed by atoms with E-state index < -0.39 is 28.8 Å². The molecule has 108 valence electrons. The molecule has 1 aliphatic carbocycles. The van der Waals surface area contributed by atoms with Gasteiger partial charge in [-0.05, 0) is 25.3 Å². The fourth-order valence-electron chi connectivity index (χ4n) is 2.42. The number of rotatable bonds is 3. The number of alkyl halides is 3. The lowest BCUT2D eigenvalue weighted by Crippen LogP contribution is -2.32. The van der Waals surface area contributed by atoms with E-state index in [-0.39, 0.29) is 5.56 Å². The quantitative estimate of drug-likeness (QED) is 0.686. The van der Waals surface area contributed by atoms with Gasteiger partial charge < -0.3 is 9.84 Å². The number of isocyanates is 1. The van der Waals surface area contributed by atoms with Crippen LogP contribution < -0.4 is 4.74 Å². The number of phenolic OH excluding ortho intramolecular Hbond substituents is 1. The molecule has 1 N–H and O–H groups in total. The van der Waals surface area contributed by atoms with Crippen molar-refractivity contribution in [1.82, 2.24) is 0 Å². The van der Waals surface area contributed by atoms with Crippen molar-refractivity contribution in [3.8, 4) is 11.5 Å². The molecule has 0 radical (unpaired) electrons. The number of nitrogens with zero attached hydrogens (tertiary/aromatic N) is 1. The van der Waals surface area contributed by atoms with E-state index in [0.29, 0.717) is 12.8 Å². The minimum absolute atomic E-state index is 0.164. The number of halogens is 3. The van der Waals surface area contributed by atoms with Crippen molar-refractivity contribution < 1.29 is 27.8 Å². The molecule has 7 heteroatoms. The molecule has 0 spiro atoms. The molecule has 0 amide bonds. The van der Waals surface area contributed by atoms with Gasteiger partial charge in [0.1, 0.15) is 11.1 Å². The van der Waals surface area contributed by atoms with E-state index in [1.807, 2.05) is 0 Å². The Morgan fingerprint density at radius 3 is 2.45 bits per heavy atom. The SMILES string of the molecule is COc1c(C(F)(F)F)ccc(C2(N=C=O)CCC2)c1O. The van der Waals surface area contributed by atoms with Crippen LogP contribution in [0.4, 0.5) is 13.2 Å². The summed E-state index contributed by atoms with van der Waals surface area (Å²) in [5.74, 6) is -1.27. The molecule has 0 unspecified atom stereocenters. The Morgan fingerprint density at radius 1 is 1.40 bits per heavy atom. The smallest absolute Gasteiger partial charge is 0.420 e. The van der Waals surface area contributed by atoms with Gasteiger partial charge in [-0.3, -0.25) is 0 Å². The summed E-state index contributed by atoms with van der Waals surface area (Å²) in [5.41, 5.74) is -1.88. The number of ether oxygens (including phenoxy) is 1. The molecule has 0 atom stereocenters. The van der Waals surface area contributed by atoms with Crippen LogP contribution in [0.5, 0.6) is 11.5 Å². The zero-order valence-corrected chi connectivity index (χ0v) is 10.6. The van der Waals surface area contributed by atoms with Crippen LogP contribution in [-0.2, 0) is 16.5 Å². The summed E-state index contributed by atoms with van der Waals surface area (Å²) >= 11 is 0. The molecule has 0 bridgehead atoms. The lowest BCUT2D eigenvalue weighted by Gasteiger charge is -2.37. The topological polar surface area (TPSA) is 58.9 Å². The molecule has 1 aromatic carbocycles. The third-order valence-corrected chi connectivity index (χ3v) is 3.58. The summed E-state index contributed by atoms with van der Waals surface area (Å²) in [7, 11) is 1.05. The average molecular weight is 287 g/mol. The third kappa shape index (κ3) is 2.14. The van der Waals surface area contributed by atoms with E-state index in [1.165, 1.54) is 6.08 Å². The van der Waals surface area contributed by atoms with Crippen molar-refractivity contribution in [1.29, 1.82) is 0 Å². The Hall–Kier alpha value is -2.01. The maximum atomic E-state index is 12.8.